The monoisotopic (exact) mass is 264 g/mol. The molecule has 19 heavy (non-hydrogen) atoms. The van der Waals surface area contributed by atoms with Gasteiger partial charge in [0.15, 0.2) is 0 Å². The molecule has 0 aromatic heterocycles. The van der Waals surface area contributed by atoms with Crippen LogP contribution >= 0.6 is 0 Å². The molecule has 0 amide bonds. The molecule has 2 rings (SSSR count). The molecule has 0 saturated heterocycles. The molecule has 1 aliphatic heterocycles. The van der Waals surface area contributed by atoms with Crippen LogP contribution in [-0.2, 0) is 14.3 Å². The number of carbonyl (C=O) groups is 2. The highest BCUT2D eigenvalue weighted by Gasteiger charge is 2.45. The number of esters is 1. The van der Waals surface area contributed by atoms with Crippen LogP contribution in [0.5, 0.6) is 0 Å². The number of fused-ring (bicyclic) bond motifs is 1. The number of Topliss-reactive ketones (excluding diaryl/α,β-unsaturated/α-hetero) is 1. The summed E-state index contributed by atoms with van der Waals surface area (Å²) >= 11 is 0. The van der Waals surface area contributed by atoms with Crippen molar-refractivity contribution >= 4 is 11.8 Å². The van der Waals surface area contributed by atoms with Gasteiger partial charge in [-0.05, 0) is 26.7 Å². The van der Waals surface area contributed by atoms with Crippen molar-refractivity contribution in [3.8, 4) is 0 Å². The van der Waals surface area contributed by atoms with Gasteiger partial charge in [-0.1, -0.05) is 18.6 Å². The van der Waals surface area contributed by atoms with Crippen LogP contribution in [-0.4, -0.2) is 22.6 Å². The van der Waals surface area contributed by atoms with Gasteiger partial charge in [-0.15, -0.1) is 0 Å². The summed E-state index contributed by atoms with van der Waals surface area (Å²) < 4.78 is 5.10. The Morgan fingerprint density at radius 3 is 2.74 bits per heavy atom. The second kappa shape index (κ2) is 4.93. The summed E-state index contributed by atoms with van der Waals surface area (Å²) in [6.45, 7) is 5.41. The molecular weight excluding hydrogens is 244 g/mol. The number of ketones is 1. The van der Waals surface area contributed by atoms with Crippen molar-refractivity contribution in [2.75, 3.05) is 0 Å². The average Bonchev–Trinajstić information content (AvgIpc) is 2.51. The number of carbonyl (C=O) groups excluding carboxylic acids is 2. The minimum absolute atomic E-state index is 0.0547. The number of hydrogen-bond donors (Lipinski definition) is 1. The standard InChI is InChI=1S/C15H20O4/c1-9-5-4-6-10(2)13(16)7-12-11(3)14(17)19-15(12,18)8-9/h5,10,18H,4,6-8H2,1-3H3/b9-5-/t10-,15+/m0/s1. The second-order valence-corrected chi connectivity index (χ2v) is 5.63. The Morgan fingerprint density at radius 1 is 1.37 bits per heavy atom. The lowest BCUT2D eigenvalue weighted by atomic mass is 9.86. The molecule has 0 radical (unpaired) electrons. The highest BCUT2D eigenvalue weighted by molar-refractivity contribution is 5.95. The van der Waals surface area contributed by atoms with Crippen LogP contribution in [0.2, 0.25) is 0 Å². The lowest BCUT2D eigenvalue weighted by molar-refractivity contribution is -0.181. The first kappa shape index (κ1) is 14.0. The van der Waals surface area contributed by atoms with Crippen LogP contribution in [0.3, 0.4) is 0 Å². The molecule has 2 atom stereocenters. The third kappa shape index (κ3) is 2.63. The third-order valence-electron chi connectivity index (χ3n) is 4.00. The smallest absolute Gasteiger partial charge is 0.336 e. The molecule has 0 saturated carbocycles. The number of hydrogen-bond acceptors (Lipinski definition) is 4. The molecule has 0 unspecified atom stereocenters. The largest absolute Gasteiger partial charge is 0.425 e. The van der Waals surface area contributed by atoms with Crippen LogP contribution < -0.4 is 0 Å². The van der Waals surface area contributed by atoms with Crippen LogP contribution in [0.1, 0.15) is 46.5 Å². The van der Waals surface area contributed by atoms with Gasteiger partial charge in [0, 0.05) is 29.9 Å². The molecule has 4 heteroatoms. The van der Waals surface area contributed by atoms with Crippen molar-refractivity contribution in [2.45, 2.75) is 52.2 Å². The first-order chi connectivity index (χ1) is 8.83. The predicted octanol–water partition coefficient (Wildman–Crippen LogP) is 2.27. The van der Waals surface area contributed by atoms with E-state index >= 15 is 0 Å². The Kier molecular flexibility index (Phi) is 3.63. The highest BCUT2D eigenvalue weighted by atomic mass is 16.7. The van der Waals surface area contributed by atoms with Gasteiger partial charge >= 0.3 is 5.97 Å². The molecule has 1 heterocycles. The van der Waals surface area contributed by atoms with E-state index in [4.69, 9.17) is 4.74 Å². The van der Waals surface area contributed by atoms with Crippen LogP contribution in [0.25, 0.3) is 0 Å². The third-order valence-corrected chi connectivity index (χ3v) is 4.00. The summed E-state index contributed by atoms with van der Waals surface area (Å²) in [6, 6.07) is 0. The molecule has 0 fully saturated rings. The Hall–Kier alpha value is -1.42. The molecule has 0 spiro atoms. The van der Waals surface area contributed by atoms with E-state index in [1.54, 1.807) is 6.92 Å². The fraction of sp³-hybridized carbons (Fsp3) is 0.600. The molecule has 2 aliphatic rings. The Morgan fingerprint density at radius 2 is 2.05 bits per heavy atom. The van der Waals surface area contributed by atoms with Gasteiger partial charge in [0.05, 0.1) is 0 Å². The second-order valence-electron chi connectivity index (χ2n) is 5.63. The maximum absolute atomic E-state index is 12.1. The van der Waals surface area contributed by atoms with Gasteiger partial charge < -0.3 is 9.84 Å². The highest BCUT2D eigenvalue weighted by Crippen LogP contribution is 2.39. The average molecular weight is 264 g/mol. The van der Waals surface area contributed by atoms with Gasteiger partial charge in [-0.25, -0.2) is 4.79 Å². The minimum Gasteiger partial charge on any atom is -0.425 e. The Labute approximate surface area is 113 Å². The number of ether oxygens (including phenoxy) is 1. The van der Waals surface area contributed by atoms with E-state index in [0.717, 1.165) is 18.4 Å². The number of allylic oxidation sites excluding steroid dienone is 1. The van der Waals surface area contributed by atoms with E-state index in [0.29, 0.717) is 11.1 Å². The maximum atomic E-state index is 12.1. The molecular formula is C15H20O4. The SMILES string of the molecule is CC1=C2CC(=O)[C@@H](C)CC/C=C(/C)C[C@@]2(O)OC1=O. The zero-order valence-electron chi connectivity index (χ0n) is 11.7. The van der Waals surface area contributed by atoms with E-state index < -0.39 is 11.8 Å². The maximum Gasteiger partial charge on any atom is 0.336 e. The summed E-state index contributed by atoms with van der Waals surface area (Å²) in [5.41, 5.74) is 1.78. The Balaban J connectivity index is 2.42. The van der Waals surface area contributed by atoms with Crippen LogP contribution in [0, 0.1) is 5.92 Å². The predicted molar refractivity (Wildman–Crippen MR) is 70.1 cm³/mol. The van der Waals surface area contributed by atoms with Gasteiger partial charge in [0.1, 0.15) is 5.78 Å². The molecule has 0 aromatic rings. The summed E-state index contributed by atoms with van der Waals surface area (Å²) in [4.78, 5) is 23.8. The number of rotatable bonds is 0. The van der Waals surface area contributed by atoms with Crippen LogP contribution in [0.15, 0.2) is 22.8 Å². The van der Waals surface area contributed by atoms with Crippen molar-refractivity contribution < 1.29 is 19.4 Å². The van der Waals surface area contributed by atoms with Crippen molar-refractivity contribution in [3.05, 3.63) is 22.8 Å². The summed E-state index contributed by atoms with van der Waals surface area (Å²) in [5, 5.41) is 10.6. The van der Waals surface area contributed by atoms with Gasteiger partial charge in [0.2, 0.25) is 5.79 Å². The van der Waals surface area contributed by atoms with Crippen molar-refractivity contribution in [1.82, 2.24) is 0 Å². The molecule has 104 valence electrons. The first-order valence-corrected chi connectivity index (χ1v) is 6.68. The fourth-order valence-electron chi connectivity index (χ4n) is 2.66. The first-order valence-electron chi connectivity index (χ1n) is 6.68. The quantitative estimate of drug-likeness (QED) is 0.538. The summed E-state index contributed by atoms with van der Waals surface area (Å²) in [6.07, 6.45) is 3.96. The molecule has 0 bridgehead atoms. The Bertz CT molecular complexity index is 486. The van der Waals surface area contributed by atoms with E-state index in [1.165, 1.54) is 0 Å². The lowest BCUT2D eigenvalue weighted by Crippen LogP contribution is -2.34. The minimum atomic E-state index is -1.63. The summed E-state index contributed by atoms with van der Waals surface area (Å²) in [7, 11) is 0. The topological polar surface area (TPSA) is 63.6 Å². The van der Waals surface area contributed by atoms with Gasteiger partial charge in [-0.3, -0.25) is 4.79 Å². The summed E-state index contributed by atoms with van der Waals surface area (Å²) in [5.74, 6) is -2.17. The van der Waals surface area contributed by atoms with E-state index in [-0.39, 0.29) is 24.5 Å². The molecule has 1 N–H and O–H groups in total. The van der Waals surface area contributed by atoms with E-state index in [1.807, 2.05) is 19.9 Å². The lowest BCUT2D eigenvalue weighted by Gasteiger charge is -2.27. The van der Waals surface area contributed by atoms with Gasteiger partial charge in [0.25, 0.3) is 0 Å². The normalized spacial score (nSPS) is 35.6. The zero-order valence-corrected chi connectivity index (χ0v) is 11.7. The van der Waals surface area contributed by atoms with Gasteiger partial charge in [-0.2, -0.15) is 0 Å². The van der Waals surface area contributed by atoms with Crippen molar-refractivity contribution in [1.29, 1.82) is 0 Å². The zero-order chi connectivity index (χ0) is 14.2. The van der Waals surface area contributed by atoms with Crippen LogP contribution in [0.4, 0.5) is 0 Å². The fourth-order valence-corrected chi connectivity index (χ4v) is 2.66. The van der Waals surface area contributed by atoms with Crippen molar-refractivity contribution in [2.24, 2.45) is 5.92 Å². The van der Waals surface area contributed by atoms with Crippen molar-refractivity contribution in [3.63, 3.8) is 0 Å². The number of aliphatic hydroxyl groups is 1. The molecule has 1 aliphatic carbocycles. The molecule has 4 nitrogen and oxygen atoms in total. The van der Waals surface area contributed by atoms with E-state index in [2.05, 4.69) is 0 Å². The van der Waals surface area contributed by atoms with E-state index in [9.17, 15) is 14.7 Å². The molecule has 0 aromatic carbocycles.